The molecule has 0 aliphatic carbocycles. The second kappa shape index (κ2) is 5.32. The number of nitrogens with one attached hydrogen (secondary N) is 1. The van der Waals surface area contributed by atoms with Gasteiger partial charge in [-0.05, 0) is 25.7 Å². The van der Waals surface area contributed by atoms with Crippen molar-refractivity contribution in [1.82, 2.24) is 5.32 Å². The van der Waals surface area contributed by atoms with Crippen LogP contribution >= 0.6 is 0 Å². The van der Waals surface area contributed by atoms with Gasteiger partial charge in [-0.15, -0.1) is 0 Å². The number of aliphatic hydroxyl groups is 1. The third kappa shape index (κ3) is 2.96. The number of amides is 1. The van der Waals surface area contributed by atoms with Gasteiger partial charge in [0, 0.05) is 19.3 Å². The maximum atomic E-state index is 11.6. The zero-order chi connectivity index (χ0) is 10.6. The van der Waals surface area contributed by atoms with E-state index >= 15 is 0 Å². The summed E-state index contributed by atoms with van der Waals surface area (Å²) in [5.41, 5.74) is 0. The predicted molar refractivity (Wildman–Crippen MR) is 52.8 cm³/mol. The fourth-order valence-electron chi connectivity index (χ4n) is 1.40. The summed E-state index contributed by atoms with van der Waals surface area (Å²) in [6.45, 7) is 4.57. The zero-order valence-corrected chi connectivity index (χ0v) is 8.82. The Kier molecular flexibility index (Phi) is 4.35. The lowest BCUT2D eigenvalue weighted by Crippen LogP contribution is -2.43. The largest absolute Gasteiger partial charge is 0.396 e. The van der Waals surface area contributed by atoms with Crippen LogP contribution in [0.15, 0.2) is 0 Å². The number of aliphatic hydroxyl groups excluding tert-OH is 1. The van der Waals surface area contributed by atoms with Crippen molar-refractivity contribution in [2.45, 2.75) is 38.8 Å². The van der Waals surface area contributed by atoms with Gasteiger partial charge in [0.2, 0.25) is 5.91 Å². The molecule has 1 fully saturated rings. The Labute approximate surface area is 84.6 Å². The van der Waals surface area contributed by atoms with Crippen LogP contribution in [-0.2, 0) is 9.53 Å². The van der Waals surface area contributed by atoms with E-state index < -0.39 is 0 Å². The summed E-state index contributed by atoms with van der Waals surface area (Å²) >= 11 is 0. The van der Waals surface area contributed by atoms with Crippen LogP contribution in [0.5, 0.6) is 0 Å². The van der Waals surface area contributed by atoms with Crippen molar-refractivity contribution in [2.24, 2.45) is 5.92 Å². The Morgan fingerprint density at radius 3 is 2.86 bits per heavy atom. The van der Waals surface area contributed by atoms with Gasteiger partial charge in [-0.1, -0.05) is 6.92 Å². The van der Waals surface area contributed by atoms with Crippen molar-refractivity contribution in [3.63, 3.8) is 0 Å². The van der Waals surface area contributed by atoms with Crippen molar-refractivity contribution in [1.29, 1.82) is 0 Å². The van der Waals surface area contributed by atoms with Crippen molar-refractivity contribution in [3.05, 3.63) is 0 Å². The average Bonchev–Trinajstić information content (AvgIpc) is 2.69. The molecule has 2 N–H and O–H groups in total. The number of carbonyl (C=O) groups excluding carboxylic acids is 1. The Bertz CT molecular complexity index is 190. The van der Waals surface area contributed by atoms with Crippen LogP contribution in [0.25, 0.3) is 0 Å². The number of carbonyl (C=O) groups is 1. The Hall–Kier alpha value is -0.610. The highest BCUT2D eigenvalue weighted by Crippen LogP contribution is 2.12. The van der Waals surface area contributed by atoms with E-state index in [-0.39, 0.29) is 30.6 Å². The minimum Gasteiger partial charge on any atom is -0.396 e. The molecule has 0 saturated carbocycles. The maximum Gasteiger partial charge on any atom is 0.249 e. The van der Waals surface area contributed by atoms with Crippen LogP contribution in [-0.4, -0.2) is 36.4 Å². The van der Waals surface area contributed by atoms with Gasteiger partial charge in [-0.25, -0.2) is 0 Å². The smallest absolute Gasteiger partial charge is 0.249 e. The van der Waals surface area contributed by atoms with Gasteiger partial charge in [0.25, 0.3) is 0 Å². The molecule has 3 atom stereocenters. The summed E-state index contributed by atoms with van der Waals surface area (Å²) in [6, 6.07) is -0.00306. The third-order valence-electron chi connectivity index (χ3n) is 2.73. The quantitative estimate of drug-likeness (QED) is 0.687. The first-order valence-electron chi connectivity index (χ1n) is 5.18. The summed E-state index contributed by atoms with van der Waals surface area (Å²) in [4.78, 5) is 11.6. The molecular weight excluding hydrogens is 182 g/mol. The van der Waals surface area contributed by atoms with Crippen LogP contribution in [0.4, 0.5) is 0 Å². The van der Waals surface area contributed by atoms with Gasteiger partial charge < -0.3 is 15.2 Å². The highest BCUT2D eigenvalue weighted by atomic mass is 16.5. The topological polar surface area (TPSA) is 58.6 Å². The molecule has 1 aliphatic rings. The number of rotatable bonds is 4. The average molecular weight is 201 g/mol. The minimum absolute atomic E-state index is 0.00306. The second-order valence-corrected chi connectivity index (χ2v) is 3.96. The summed E-state index contributed by atoms with van der Waals surface area (Å²) in [6.07, 6.45) is 1.50. The third-order valence-corrected chi connectivity index (χ3v) is 2.73. The van der Waals surface area contributed by atoms with Crippen molar-refractivity contribution in [2.75, 3.05) is 13.2 Å². The van der Waals surface area contributed by atoms with Crippen LogP contribution in [0.2, 0.25) is 0 Å². The summed E-state index contributed by atoms with van der Waals surface area (Å²) in [7, 11) is 0. The van der Waals surface area contributed by atoms with Crippen molar-refractivity contribution < 1.29 is 14.6 Å². The molecule has 1 rings (SSSR count). The van der Waals surface area contributed by atoms with Gasteiger partial charge >= 0.3 is 0 Å². The van der Waals surface area contributed by atoms with Gasteiger partial charge in [0.15, 0.2) is 0 Å². The SMILES string of the molecule is CC(CO)C(C)NC(=O)[C@H]1CCCO1. The molecule has 4 nitrogen and oxygen atoms in total. The molecule has 0 spiro atoms. The molecule has 0 aromatic heterocycles. The Morgan fingerprint density at radius 1 is 1.64 bits per heavy atom. The lowest BCUT2D eigenvalue weighted by molar-refractivity contribution is -0.131. The van der Waals surface area contributed by atoms with E-state index in [4.69, 9.17) is 9.84 Å². The molecule has 82 valence electrons. The molecule has 1 amide bonds. The number of ether oxygens (including phenoxy) is 1. The summed E-state index contributed by atoms with van der Waals surface area (Å²) in [5, 5.41) is 11.7. The van der Waals surface area contributed by atoms with E-state index in [1.165, 1.54) is 0 Å². The molecule has 0 aromatic rings. The van der Waals surface area contributed by atoms with E-state index in [1.54, 1.807) is 0 Å². The zero-order valence-electron chi connectivity index (χ0n) is 8.82. The molecule has 0 radical (unpaired) electrons. The van der Waals surface area contributed by atoms with Crippen LogP contribution < -0.4 is 5.32 Å². The van der Waals surface area contributed by atoms with Gasteiger partial charge in [-0.3, -0.25) is 4.79 Å². The van der Waals surface area contributed by atoms with E-state index in [9.17, 15) is 4.79 Å². The predicted octanol–water partition coefficient (Wildman–Crippen LogP) is 0.298. The second-order valence-electron chi connectivity index (χ2n) is 3.96. The molecular formula is C10H19NO3. The first-order valence-corrected chi connectivity index (χ1v) is 5.18. The molecule has 1 saturated heterocycles. The minimum atomic E-state index is -0.275. The highest BCUT2D eigenvalue weighted by molar-refractivity contribution is 5.81. The van der Waals surface area contributed by atoms with Gasteiger partial charge in [0.05, 0.1) is 0 Å². The first-order chi connectivity index (χ1) is 6.65. The number of hydrogen-bond acceptors (Lipinski definition) is 3. The fraction of sp³-hybridized carbons (Fsp3) is 0.900. The van der Waals surface area contributed by atoms with Gasteiger partial charge in [0.1, 0.15) is 6.10 Å². The molecule has 14 heavy (non-hydrogen) atoms. The molecule has 4 heteroatoms. The van der Waals surface area contributed by atoms with Crippen molar-refractivity contribution >= 4 is 5.91 Å². The first kappa shape index (κ1) is 11.5. The highest BCUT2D eigenvalue weighted by Gasteiger charge is 2.25. The monoisotopic (exact) mass is 201 g/mol. The Morgan fingerprint density at radius 2 is 2.36 bits per heavy atom. The lowest BCUT2D eigenvalue weighted by atomic mass is 10.0. The van der Waals surface area contributed by atoms with E-state index in [0.29, 0.717) is 6.61 Å². The van der Waals surface area contributed by atoms with E-state index in [1.807, 2.05) is 13.8 Å². The normalized spacial score (nSPS) is 25.8. The van der Waals surface area contributed by atoms with Crippen LogP contribution in [0, 0.1) is 5.92 Å². The molecule has 1 heterocycles. The van der Waals surface area contributed by atoms with Crippen LogP contribution in [0.3, 0.4) is 0 Å². The standard InChI is InChI=1S/C10H19NO3/c1-7(6-12)8(2)11-10(13)9-4-3-5-14-9/h7-9,12H,3-6H2,1-2H3,(H,11,13)/t7?,8?,9-/m1/s1. The van der Waals surface area contributed by atoms with E-state index in [2.05, 4.69) is 5.32 Å². The molecule has 0 aromatic carbocycles. The molecule has 0 bridgehead atoms. The lowest BCUT2D eigenvalue weighted by Gasteiger charge is -2.21. The van der Waals surface area contributed by atoms with Crippen molar-refractivity contribution in [3.8, 4) is 0 Å². The summed E-state index contributed by atoms with van der Waals surface area (Å²) < 4.78 is 5.25. The summed E-state index contributed by atoms with van der Waals surface area (Å²) in [5.74, 6) is 0.0376. The number of hydrogen-bond donors (Lipinski definition) is 2. The Balaban J connectivity index is 2.31. The fourth-order valence-corrected chi connectivity index (χ4v) is 1.40. The van der Waals surface area contributed by atoms with Crippen LogP contribution in [0.1, 0.15) is 26.7 Å². The maximum absolute atomic E-state index is 11.6. The molecule has 1 aliphatic heterocycles. The molecule has 2 unspecified atom stereocenters. The van der Waals surface area contributed by atoms with E-state index in [0.717, 1.165) is 12.8 Å². The van der Waals surface area contributed by atoms with Gasteiger partial charge in [-0.2, -0.15) is 0 Å².